The molecule has 5 atom stereocenters. The monoisotopic (exact) mass is 1270 g/mol. The van der Waals surface area contributed by atoms with Crippen LogP contribution in [0.3, 0.4) is 0 Å². The van der Waals surface area contributed by atoms with Gasteiger partial charge in [-0.2, -0.15) is 0 Å². The SMILES string of the molecule is CCCCCCCCCCCCCCCCCCCCCCC(=O)O[C@H](COC(=O)CCCCCCCCCCCCCCCCCC)COP(=O)(O)OC[C@@H](O)COP(=O)(O)OC[C@@H](COC(=O)CCCCCCC)OC(=O)CCCCCCC. The Hall–Kier alpha value is -1.94. The van der Waals surface area contributed by atoms with Crippen molar-refractivity contribution >= 4 is 39.5 Å². The first-order chi connectivity index (χ1) is 41.7. The number of phosphoric ester groups is 2. The molecule has 0 saturated carbocycles. The Bertz CT molecular complexity index is 1650. The van der Waals surface area contributed by atoms with Gasteiger partial charge in [-0.25, -0.2) is 9.13 Å². The minimum Gasteiger partial charge on any atom is -0.462 e. The van der Waals surface area contributed by atoms with Crippen molar-refractivity contribution in [2.24, 2.45) is 0 Å². The Balaban J connectivity index is 5.05. The van der Waals surface area contributed by atoms with Gasteiger partial charge >= 0.3 is 39.5 Å². The highest BCUT2D eigenvalue weighted by Crippen LogP contribution is 2.45. The van der Waals surface area contributed by atoms with Crippen LogP contribution in [-0.2, 0) is 65.4 Å². The van der Waals surface area contributed by atoms with Gasteiger partial charge in [0.25, 0.3) is 0 Å². The van der Waals surface area contributed by atoms with Crippen molar-refractivity contribution < 1.29 is 80.2 Å². The summed E-state index contributed by atoms with van der Waals surface area (Å²) >= 11 is 0. The number of hydrogen-bond donors (Lipinski definition) is 3. The summed E-state index contributed by atoms with van der Waals surface area (Å²) in [5, 5.41) is 10.5. The van der Waals surface area contributed by atoms with E-state index in [1.807, 2.05) is 0 Å². The first kappa shape index (κ1) is 84.1. The van der Waals surface area contributed by atoms with Gasteiger partial charge in [0.05, 0.1) is 26.4 Å². The molecule has 2 unspecified atom stereocenters. The van der Waals surface area contributed by atoms with E-state index in [0.717, 1.165) is 96.3 Å². The van der Waals surface area contributed by atoms with Crippen LogP contribution >= 0.6 is 15.6 Å². The summed E-state index contributed by atoms with van der Waals surface area (Å²) in [7, 11) is -9.87. The van der Waals surface area contributed by atoms with Gasteiger partial charge in [0.2, 0.25) is 0 Å². The van der Waals surface area contributed by atoms with Gasteiger partial charge in [0, 0.05) is 25.7 Å². The average molecular weight is 1270 g/mol. The van der Waals surface area contributed by atoms with E-state index in [1.54, 1.807) is 0 Å². The molecule has 0 aliphatic rings. The molecular weight excluding hydrogens is 1140 g/mol. The molecule has 0 radical (unpaired) electrons. The highest BCUT2D eigenvalue weighted by atomic mass is 31.2. The first-order valence-electron chi connectivity index (χ1n) is 35.3. The van der Waals surface area contributed by atoms with Crippen LogP contribution in [0.1, 0.15) is 349 Å². The van der Waals surface area contributed by atoms with E-state index in [4.69, 9.17) is 37.0 Å². The lowest BCUT2D eigenvalue weighted by molar-refractivity contribution is -0.161. The molecule has 0 aliphatic heterocycles. The molecule has 0 amide bonds. The Labute approximate surface area is 524 Å². The van der Waals surface area contributed by atoms with Crippen LogP contribution in [-0.4, -0.2) is 96.7 Å². The van der Waals surface area contributed by atoms with Crippen molar-refractivity contribution in [3.05, 3.63) is 0 Å². The number of esters is 4. The number of carbonyl (C=O) groups excluding carboxylic acids is 4. The van der Waals surface area contributed by atoms with Crippen molar-refractivity contribution in [1.82, 2.24) is 0 Å². The lowest BCUT2D eigenvalue weighted by Gasteiger charge is -2.21. The summed E-state index contributed by atoms with van der Waals surface area (Å²) in [5.41, 5.74) is 0. The maximum absolute atomic E-state index is 13.0. The lowest BCUT2D eigenvalue weighted by atomic mass is 10.0. The van der Waals surface area contributed by atoms with Gasteiger partial charge < -0.3 is 33.8 Å². The number of phosphoric acid groups is 2. The fourth-order valence-corrected chi connectivity index (χ4v) is 11.7. The van der Waals surface area contributed by atoms with Gasteiger partial charge in [0.1, 0.15) is 19.3 Å². The second kappa shape index (κ2) is 61.9. The zero-order valence-corrected chi connectivity index (χ0v) is 57.1. The van der Waals surface area contributed by atoms with Crippen molar-refractivity contribution in [1.29, 1.82) is 0 Å². The third kappa shape index (κ3) is 60.9. The fraction of sp³-hybridized carbons (Fsp3) is 0.940. The van der Waals surface area contributed by atoms with Crippen LogP contribution in [0.25, 0.3) is 0 Å². The van der Waals surface area contributed by atoms with Crippen molar-refractivity contribution in [3.8, 4) is 0 Å². The quantitative estimate of drug-likeness (QED) is 0.0222. The second-order valence-corrected chi connectivity index (χ2v) is 27.1. The third-order valence-corrected chi connectivity index (χ3v) is 17.5. The number of aliphatic hydroxyl groups excluding tert-OH is 1. The summed E-state index contributed by atoms with van der Waals surface area (Å²) in [6.07, 6.45) is 49.6. The molecule has 0 rings (SSSR count). The van der Waals surface area contributed by atoms with Crippen molar-refractivity contribution in [2.75, 3.05) is 39.6 Å². The van der Waals surface area contributed by atoms with Crippen LogP contribution in [0.5, 0.6) is 0 Å². The Morgan fingerprint density at radius 1 is 0.279 bits per heavy atom. The van der Waals surface area contributed by atoms with Crippen LogP contribution in [0.4, 0.5) is 0 Å². The van der Waals surface area contributed by atoms with E-state index in [9.17, 15) is 43.2 Å². The summed E-state index contributed by atoms with van der Waals surface area (Å²) in [6.45, 7) is 4.73. The van der Waals surface area contributed by atoms with E-state index in [1.165, 1.54) is 173 Å². The maximum Gasteiger partial charge on any atom is 0.472 e. The fourth-order valence-electron chi connectivity index (χ4n) is 10.2. The van der Waals surface area contributed by atoms with Crippen LogP contribution < -0.4 is 0 Å². The molecule has 0 spiro atoms. The molecule has 0 heterocycles. The molecule has 3 N–H and O–H groups in total. The zero-order chi connectivity index (χ0) is 63.3. The summed E-state index contributed by atoms with van der Waals surface area (Å²) in [5.74, 6) is -2.15. The Morgan fingerprint density at radius 2 is 0.465 bits per heavy atom. The number of unbranched alkanes of at least 4 members (excludes halogenated alkanes) is 42. The summed E-state index contributed by atoms with van der Waals surface area (Å²) < 4.78 is 67.7. The van der Waals surface area contributed by atoms with Gasteiger partial charge in [-0.3, -0.25) is 37.3 Å². The maximum atomic E-state index is 13.0. The predicted octanol–water partition coefficient (Wildman–Crippen LogP) is 19.1. The Morgan fingerprint density at radius 3 is 0.686 bits per heavy atom. The van der Waals surface area contributed by atoms with E-state index in [2.05, 4.69) is 27.7 Å². The molecule has 0 aliphatic carbocycles. The molecule has 0 aromatic heterocycles. The minimum atomic E-state index is -4.94. The average Bonchev–Trinajstić information content (AvgIpc) is 3.71. The minimum absolute atomic E-state index is 0.0993. The van der Waals surface area contributed by atoms with Crippen LogP contribution in [0, 0.1) is 0 Å². The van der Waals surface area contributed by atoms with Crippen LogP contribution in [0.2, 0.25) is 0 Å². The smallest absolute Gasteiger partial charge is 0.462 e. The van der Waals surface area contributed by atoms with Crippen LogP contribution in [0.15, 0.2) is 0 Å². The number of hydrogen-bond acceptors (Lipinski definition) is 15. The van der Waals surface area contributed by atoms with E-state index >= 15 is 0 Å². The molecule has 17 nitrogen and oxygen atoms in total. The molecule has 0 aromatic carbocycles. The van der Waals surface area contributed by atoms with Gasteiger partial charge in [-0.1, -0.05) is 297 Å². The largest absolute Gasteiger partial charge is 0.472 e. The van der Waals surface area contributed by atoms with E-state index in [0.29, 0.717) is 25.7 Å². The first-order valence-corrected chi connectivity index (χ1v) is 38.3. The molecule has 0 aromatic rings. The van der Waals surface area contributed by atoms with Crippen molar-refractivity contribution in [3.63, 3.8) is 0 Å². The summed E-state index contributed by atoms with van der Waals surface area (Å²) in [4.78, 5) is 71.8. The standard InChI is InChI=1S/C67H130O17P2/c1-5-9-13-17-19-21-23-25-27-29-30-31-32-34-36-38-40-42-46-50-54-67(72)84-63(58-78-65(70)52-48-45-41-39-37-35-33-28-26-24-22-20-18-14-10-6-2)60-82-86(75,76)80-56-61(68)55-79-85(73,74)81-59-62(83-66(71)53-49-44-16-12-8-4)57-77-64(69)51-47-43-15-11-7-3/h61-63,68H,5-60H2,1-4H3,(H,73,74)(H,75,76)/t61-,62+,63+/m0/s1. The highest BCUT2D eigenvalue weighted by molar-refractivity contribution is 7.47. The molecular formula is C67H130O17P2. The normalized spacial score (nSPS) is 14.1. The molecule has 0 saturated heterocycles. The topological polar surface area (TPSA) is 237 Å². The van der Waals surface area contributed by atoms with Gasteiger partial charge in [-0.05, 0) is 25.7 Å². The highest BCUT2D eigenvalue weighted by Gasteiger charge is 2.30. The molecule has 19 heteroatoms. The number of ether oxygens (including phenoxy) is 4. The number of aliphatic hydroxyl groups is 1. The summed E-state index contributed by atoms with van der Waals surface area (Å²) in [6, 6.07) is 0. The van der Waals surface area contributed by atoms with Gasteiger partial charge in [-0.15, -0.1) is 0 Å². The van der Waals surface area contributed by atoms with E-state index < -0.39 is 97.5 Å². The molecule has 86 heavy (non-hydrogen) atoms. The van der Waals surface area contributed by atoms with Gasteiger partial charge in [0.15, 0.2) is 12.2 Å². The molecule has 510 valence electrons. The lowest BCUT2D eigenvalue weighted by Crippen LogP contribution is -2.30. The number of carbonyl (C=O) groups is 4. The number of rotatable bonds is 68. The third-order valence-electron chi connectivity index (χ3n) is 15.6. The predicted molar refractivity (Wildman–Crippen MR) is 345 cm³/mol. The molecule has 0 fully saturated rings. The molecule has 0 bridgehead atoms. The second-order valence-electron chi connectivity index (χ2n) is 24.2. The van der Waals surface area contributed by atoms with E-state index in [-0.39, 0.29) is 25.7 Å². The Kier molecular flexibility index (Phi) is 60.5. The van der Waals surface area contributed by atoms with Crippen molar-refractivity contribution in [2.45, 2.75) is 367 Å². The zero-order valence-electron chi connectivity index (χ0n) is 55.3.